The molecular weight excluding hydrogens is 387 g/mol. The summed E-state index contributed by atoms with van der Waals surface area (Å²) in [5.41, 5.74) is 6.03. The van der Waals surface area contributed by atoms with Crippen molar-refractivity contribution in [3.63, 3.8) is 0 Å². The van der Waals surface area contributed by atoms with Crippen molar-refractivity contribution in [3.05, 3.63) is 29.0 Å². The van der Waals surface area contributed by atoms with Crippen LogP contribution in [0, 0.1) is 0 Å². The summed E-state index contributed by atoms with van der Waals surface area (Å²) in [4.78, 5) is 2.37. The molecule has 1 heterocycles. The number of hydrogen-bond donors (Lipinski definition) is 0. The molecule has 0 fully saturated rings. The molecule has 0 spiro atoms. The van der Waals surface area contributed by atoms with Gasteiger partial charge in [0, 0.05) is 0 Å². The molecule has 126 valence electrons. The minimum atomic E-state index is -0.572. The molecule has 0 bridgehead atoms. The molecule has 1 aromatic heterocycles. The Balaban J connectivity index is 2.54. The number of rotatable bonds is 10. The van der Waals surface area contributed by atoms with Crippen molar-refractivity contribution in [2.75, 3.05) is 0 Å². The third-order valence-corrected chi connectivity index (χ3v) is 6.87. The molecule has 2 rings (SSSR count). The Kier molecular flexibility index (Phi) is 7.94. The number of benzene rings is 1. The monoisotopic (exact) mass is 420 g/mol. The fourth-order valence-corrected chi connectivity index (χ4v) is 5.18. The molecule has 0 saturated heterocycles. The van der Waals surface area contributed by atoms with Gasteiger partial charge in [-0.1, -0.05) is 0 Å². The van der Waals surface area contributed by atoms with Crippen LogP contribution < -0.4 is 0 Å². The summed E-state index contributed by atoms with van der Waals surface area (Å²) in [5, 5.41) is 6.56. The Hall–Kier alpha value is -0.511. The summed E-state index contributed by atoms with van der Waals surface area (Å²) in [7, 11) is 0. The van der Waals surface area contributed by atoms with E-state index in [0.717, 1.165) is 6.42 Å². The van der Waals surface area contributed by atoms with Gasteiger partial charge in [-0.2, -0.15) is 0 Å². The Morgan fingerprint density at radius 3 is 2.22 bits per heavy atom. The number of fused-ring (bicyclic) bond motifs is 1. The van der Waals surface area contributed by atoms with Crippen molar-refractivity contribution >= 4 is 32.3 Å². The van der Waals surface area contributed by atoms with E-state index in [4.69, 9.17) is 5.10 Å². The third-order valence-electron chi connectivity index (χ3n) is 4.68. The second kappa shape index (κ2) is 9.70. The minimum absolute atomic E-state index is 0.572. The SMILES string of the molecule is CCCCc1ccc2c(c(CCCC)n[n]2[Sn][CH3])c1CCCC. The van der Waals surface area contributed by atoms with Crippen molar-refractivity contribution in [2.24, 2.45) is 0 Å². The predicted octanol–water partition coefficient (Wildman–Crippen LogP) is 5.58. The molecule has 2 radical (unpaired) electrons. The van der Waals surface area contributed by atoms with Crippen molar-refractivity contribution in [3.8, 4) is 0 Å². The van der Waals surface area contributed by atoms with Crippen molar-refractivity contribution in [1.82, 2.24) is 8.00 Å². The van der Waals surface area contributed by atoms with Crippen LogP contribution in [0.1, 0.15) is 76.1 Å². The molecule has 0 aliphatic heterocycles. The maximum atomic E-state index is 5.03. The summed E-state index contributed by atoms with van der Waals surface area (Å²) < 4.78 is 2.38. The molecule has 0 atom stereocenters. The number of unbranched alkanes of at least 4 members (excludes halogenated alkanes) is 3. The van der Waals surface area contributed by atoms with E-state index in [1.165, 1.54) is 68.0 Å². The molecule has 0 aliphatic carbocycles. The zero-order valence-electron chi connectivity index (χ0n) is 15.4. The van der Waals surface area contributed by atoms with Gasteiger partial charge < -0.3 is 0 Å². The van der Waals surface area contributed by atoms with Crippen LogP contribution in [0.4, 0.5) is 0 Å². The van der Waals surface area contributed by atoms with Gasteiger partial charge >= 0.3 is 153 Å². The van der Waals surface area contributed by atoms with E-state index in [9.17, 15) is 0 Å². The van der Waals surface area contributed by atoms with Gasteiger partial charge in [0.05, 0.1) is 0 Å². The van der Waals surface area contributed by atoms with E-state index in [0.29, 0.717) is 0 Å². The van der Waals surface area contributed by atoms with Crippen LogP contribution in [-0.2, 0) is 19.3 Å². The Labute approximate surface area is 152 Å². The second-order valence-corrected chi connectivity index (χ2v) is 8.98. The summed E-state index contributed by atoms with van der Waals surface area (Å²) in [5.74, 6) is 0. The average molecular weight is 419 g/mol. The van der Waals surface area contributed by atoms with Gasteiger partial charge in [-0.25, -0.2) is 0 Å². The topological polar surface area (TPSA) is 17.8 Å². The van der Waals surface area contributed by atoms with Gasteiger partial charge in [-0.15, -0.1) is 0 Å². The molecule has 0 unspecified atom stereocenters. The van der Waals surface area contributed by atoms with Crippen LogP contribution in [-0.4, -0.2) is 29.4 Å². The van der Waals surface area contributed by atoms with Gasteiger partial charge in [0.2, 0.25) is 0 Å². The first-order valence-corrected chi connectivity index (χ1v) is 13.6. The molecule has 0 N–H and O–H groups in total. The van der Waals surface area contributed by atoms with Gasteiger partial charge in [0.25, 0.3) is 0 Å². The van der Waals surface area contributed by atoms with Gasteiger partial charge in [0.15, 0.2) is 0 Å². The quantitative estimate of drug-likeness (QED) is 0.460. The van der Waals surface area contributed by atoms with Gasteiger partial charge in [0.1, 0.15) is 0 Å². The predicted molar refractivity (Wildman–Crippen MR) is 103 cm³/mol. The van der Waals surface area contributed by atoms with E-state index >= 15 is 0 Å². The molecule has 1 aromatic carbocycles. The number of aromatic nitrogens is 2. The fraction of sp³-hybridized carbons (Fsp3) is 0.650. The van der Waals surface area contributed by atoms with Gasteiger partial charge in [-0.3, -0.25) is 0 Å². The van der Waals surface area contributed by atoms with Crippen LogP contribution >= 0.6 is 0 Å². The van der Waals surface area contributed by atoms with Crippen molar-refractivity contribution < 1.29 is 0 Å². The second-order valence-electron chi connectivity index (χ2n) is 6.49. The van der Waals surface area contributed by atoms with E-state index in [1.807, 2.05) is 0 Å². The van der Waals surface area contributed by atoms with E-state index < -0.39 is 21.4 Å². The first-order valence-electron chi connectivity index (χ1n) is 9.46. The molecule has 0 aliphatic rings. The first-order chi connectivity index (χ1) is 11.3. The zero-order chi connectivity index (χ0) is 16.7. The normalized spacial score (nSPS) is 11.5. The molecule has 2 nitrogen and oxygen atoms in total. The number of aryl methyl sites for hydroxylation is 3. The van der Waals surface area contributed by atoms with Crippen LogP contribution in [0.2, 0.25) is 4.94 Å². The standard InChI is InChI=1S/C19H29N2.CH3.Sn/c1-4-7-10-15-13-14-18-19(16(15)11-8-5-2)17(20-21-18)12-9-6-3;;/h13-14H,4-12H2,1-3H3;1H3;/q-1;;+1. The molecule has 2 aromatic rings. The molecule has 0 saturated carbocycles. The third kappa shape index (κ3) is 4.52. The Morgan fingerprint density at radius 2 is 1.57 bits per heavy atom. The zero-order valence-corrected chi connectivity index (χ0v) is 18.3. The van der Waals surface area contributed by atoms with E-state index in [1.54, 1.807) is 11.1 Å². The number of nitrogens with zero attached hydrogens (tertiary/aromatic N) is 2. The van der Waals surface area contributed by atoms with Crippen molar-refractivity contribution in [2.45, 2.75) is 83.5 Å². The summed E-state index contributed by atoms with van der Waals surface area (Å²) >= 11 is -0.572. The van der Waals surface area contributed by atoms with Crippen LogP contribution in [0.15, 0.2) is 12.1 Å². The first kappa shape index (κ1) is 18.8. The average Bonchev–Trinajstić information content (AvgIpc) is 2.94. The molecular formula is C20H32N2Sn. The molecule has 0 amide bonds. The maximum absolute atomic E-state index is 5.03. The van der Waals surface area contributed by atoms with Crippen LogP contribution in [0.25, 0.3) is 10.9 Å². The van der Waals surface area contributed by atoms with E-state index in [-0.39, 0.29) is 0 Å². The van der Waals surface area contributed by atoms with Crippen LogP contribution in [0.3, 0.4) is 0 Å². The van der Waals surface area contributed by atoms with Crippen molar-refractivity contribution in [1.29, 1.82) is 0 Å². The summed E-state index contributed by atoms with van der Waals surface area (Å²) in [6.07, 6.45) is 11.3. The number of hydrogen-bond acceptors (Lipinski definition) is 1. The van der Waals surface area contributed by atoms with Crippen LogP contribution in [0.5, 0.6) is 0 Å². The Morgan fingerprint density at radius 1 is 0.913 bits per heavy atom. The van der Waals surface area contributed by atoms with Gasteiger partial charge in [-0.05, 0) is 0 Å². The van der Waals surface area contributed by atoms with E-state index in [2.05, 4.69) is 40.7 Å². The summed E-state index contributed by atoms with van der Waals surface area (Å²) in [6.45, 7) is 6.87. The molecule has 23 heavy (non-hydrogen) atoms. The molecule has 3 heteroatoms. The summed E-state index contributed by atoms with van der Waals surface area (Å²) in [6, 6.07) is 4.77. The fourth-order valence-electron chi connectivity index (χ4n) is 3.33. The Bertz CT molecular complexity index is 616.